The van der Waals surface area contributed by atoms with Gasteiger partial charge in [-0.3, -0.25) is 9.80 Å². The Kier molecular flexibility index (Phi) is 5.36. The molecule has 138 valence electrons. The van der Waals surface area contributed by atoms with Gasteiger partial charge in [0.1, 0.15) is 5.82 Å². The summed E-state index contributed by atoms with van der Waals surface area (Å²) in [6.45, 7) is 8.69. The average Bonchev–Trinajstić information content (AvgIpc) is 2.94. The van der Waals surface area contributed by atoms with Gasteiger partial charge < -0.3 is 9.47 Å². The van der Waals surface area contributed by atoms with Crippen LogP contribution in [0.2, 0.25) is 0 Å². The van der Waals surface area contributed by atoms with E-state index in [4.69, 9.17) is 9.47 Å². The standard InChI is InChI=1S/C20H29FN2O2/c21-18-3-1-17(2-4-18)13-22-9-12-25-16-20(14-22)7-8-23(15-20)19-5-10-24-11-6-19/h1-4,19H,5-16H2/t20-/m0/s1. The number of hydrogen-bond acceptors (Lipinski definition) is 4. The fourth-order valence-corrected chi connectivity index (χ4v) is 4.64. The molecule has 0 aliphatic carbocycles. The molecule has 3 saturated heterocycles. The molecule has 0 radical (unpaired) electrons. The summed E-state index contributed by atoms with van der Waals surface area (Å²) in [6, 6.07) is 7.60. The van der Waals surface area contributed by atoms with Gasteiger partial charge >= 0.3 is 0 Å². The lowest BCUT2D eigenvalue weighted by Gasteiger charge is -2.35. The fraction of sp³-hybridized carbons (Fsp3) is 0.700. The van der Waals surface area contributed by atoms with E-state index in [1.54, 1.807) is 12.1 Å². The molecule has 1 aromatic carbocycles. The van der Waals surface area contributed by atoms with Crippen LogP contribution < -0.4 is 0 Å². The van der Waals surface area contributed by atoms with Gasteiger partial charge in [-0.05, 0) is 43.5 Å². The fourth-order valence-electron chi connectivity index (χ4n) is 4.64. The van der Waals surface area contributed by atoms with E-state index in [1.807, 2.05) is 12.1 Å². The van der Waals surface area contributed by atoms with E-state index in [0.717, 1.165) is 65.4 Å². The molecule has 3 aliphatic heterocycles. The van der Waals surface area contributed by atoms with Crippen molar-refractivity contribution in [3.05, 3.63) is 35.6 Å². The molecule has 4 rings (SSSR count). The number of halogens is 1. The van der Waals surface area contributed by atoms with E-state index in [-0.39, 0.29) is 11.2 Å². The molecule has 3 fully saturated rings. The van der Waals surface area contributed by atoms with E-state index in [1.165, 1.54) is 18.5 Å². The van der Waals surface area contributed by atoms with Crippen molar-refractivity contribution in [2.45, 2.75) is 31.8 Å². The Labute approximate surface area is 149 Å². The quantitative estimate of drug-likeness (QED) is 0.838. The molecule has 0 amide bonds. The Bertz CT molecular complexity index is 561. The summed E-state index contributed by atoms with van der Waals surface area (Å²) in [4.78, 5) is 5.17. The Balaban J connectivity index is 1.40. The number of ether oxygens (including phenoxy) is 2. The first kappa shape index (κ1) is 17.4. The lowest BCUT2D eigenvalue weighted by atomic mass is 9.87. The summed E-state index contributed by atoms with van der Waals surface area (Å²) in [5.74, 6) is -0.165. The van der Waals surface area contributed by atoms with Crippen molar-refractivity contribution < 1.29 is 13.9 Å². The SMILES string of the molecule is Fc1ccc(CN2CCOC[C@@]3(CCN(C4CCOCC4)C3)C2)cc1. The first-order valence-electron chi connectivity index (χ1n) is 9.59. The average molecular weight is 348 g/mol. The summed E-state index contributed by atoms with van der Waals surface area (Å²) in [5, 5.41) is 0. The number of rotatable bonds is 3. The number of likely N-dealkylation sites (tertiary alicyclic amines) is 1. The van der Waals surface area contributed by atoms with Crippen LogP contribution in [0.4, 0.5) is 4.39 Å². The molecule has 0 saturated carbocycles. The van der Waals surface area contributed by atoms with E-state index in [0.29, 0.717) is 6.04 Å². The first-order chi connectivity index (χ1) is 12.2. The van der Waals surface area contributed by atoms with Crippen LogP contribution in [0.25, 0.3) is 0 Å². The highest BCUT2D eigenvalue weighted by Gasteiger charge is 2.43. The lowest BCUT2D eigenvalue weighted by molar-refractivity contribution is 0.0284. The molecule has 1 spiro atoms. The monoisotopic (exact) mass is 348 g/mol. The largest absolute Gasteiger partial charge is 0.381 e. The minimum atomic E-state index is -0.165. The third-order valence-electron chi connectivity index (χ3n) is 6.01. The zero-order valence-electron chi connectivity index (χ0n) is 15.0. The van der Waals surface area contributed by atoms with Crippen LogP contribution in [0.3, 0.4) is 0 Å². The molecule has 1 aromatic rings. The molecule has 0 unspecified atom stereocenters. The minimum absolute atomic E-state index is 0.165. The van der Waals surface area contributed by atoms with E-state index in [9.17, 15) is 4.39 Å². The van der Waals surface area contributed by atoms with E-state index in [2.05, 4.69) is 9.80 Å². The molecule has 4 nitrogen and oxygen atoms in total. The summed E-state index contributed by atoms with van der Waals surface area (Å²) >= 11 is 0. The highest BCUT2D eigenvalue weighted by Crippen LogP contribution is 2.36. The van der Waals surface area contributed by atoms with Crippen molar-refractivity contribution in [3.8, 4) is 0 Å². The smallest absolute Gasteiger partial charge is 0.123 e. The van der Waals surface area contributed by atoms with Crippen LogP contribution in [-0.2, 0) is 16.0 Å². The summed E-state index contributed by atoms with van der Waals surface area (Å²) in [5.41, 5.74) is 1.42. The van der Waals surface area contributed by atoms with Gasteiger partial charge in [0.05, 0.1) is 13.2 Å². The van der Waals surface area contributed by atoms with Crippen LogP contribution in [0.15, 0.2) is 24.3 Å². The third kappa shape index (κ3) is 4.22. The normalized spacial score (nSPS) is 30.0. The zero-order chi connectivity index (χ0) is 17.1. The van der Waals surface area contributed by atoms with Gasteiger partial charge in [-0.2, -0.15) is 0 Å². The molecule has 0 N–H and O–H groups in total. The maximum Gasteiger partial charge on any atom is 0.123 e. The van der Waals surface area contributed by atoms with Gasteiger partial charge in [0.15, 0.2) is 0 Å². The van der Waals surface area contributed by atoms with Crippen LogP contribution in [0.5, 0.6) is 0 Å². The predicted molar refractivity (Wildman–Crippen MR) is 95.0 cm³/mol. The number of hydrogen-bond donors (Lipinski definition) is 0. The van der Waals surface area contributed by atoms with Gasteiger partial charge in [0.25, 0.3) is 0 Å². The molecule has 0 aromatic heterocycles. The number of nitrogens with zero attached hydrogens (tertiary/aromatic N) is 2. The lowest BCUT2D eigenvalue weighted by Crippen LogP contribution is -2.43. The summed E-state index contributed by atoms with van der Waals surface area (Å²) in [7, 11) is 0. The molecular formula is C20H29FN2O2. The van der Waals surface area contributed by atoms with Crippen molar-refractivity contribution in [3.63, 3.8) is 0 Å². The van der Waals surface area contributed by atoms with E-state index >= 15 is 0 Å². The van der Waals surface area contributed by atoms with Crippen molar-refractivity contribution >= 4 is 0 Å². The van der Waals surface area contributed by atoms with E-state index < -0.39 is 0 Å². The highest BCUT2D eigenvalue weighted by molar-refractivity contribution is 5.16. The van der Waals surface area contributed by atoms with Gasteiger partial charge in [-0.1, -0.05) is 12.1 Å². The first-order valence-corrected chi connectivity index (χ1v) is 9.59. The second-order valence-electron chi connectivity index (χ2n) is 7.95. The van der Waals surface area contributed by atoms with Gasteiger partial charge in [0, 0.05) is 50.8 Å². The Morgan fingerprint density at radius 2 is 1.80 bits per heavy atom. The third-order valence-corrected chi connectivity index (χ3v) is 6.01. The second-order valence-corrected chi connectivity index (χ2v) is 7.95. The van der Waals surface area contributed by atoms with Crippen LogP contribution in [-0.4, -0.2) is 68.4 Å². The molecule has 5 heteroatoms. The molecular weight excluding hydrogens is 319 g/mol. The highest BCUT2D eigenvalue weighted by atomic mass is 19.1. The maximum absolute atomic E-state index is 13.1. The van der Waals surface area contributed by atoms with Crippen molar-refractivity contribution in [2.75, 3.05) is 52.6 Å². The van der Waals surface area contributed by atoms with Gasteiger partial charge in [-0.25, -0.2) is 4.39 Å². The zero-order valence-corrected chi connectivity index (χ0v) is 15.0. The van der Waals surface area contributed by atoms with Crippen molar-refractivity contribution in [1.29, 1.82) is 0 Å². The molecule has 3 aliphatic rings. The molecule has 0 bridgehead atoms. The van der Waals surface area contributed by atoms with Gasteiger partial charge in [0.2, 0.25) is 0 Å². The van der Waals surface area contributed by atoms with Gasteiger partial charge in [-0.15, -0.1) is 0 Å². The minimum Gasteiger partial charge on any atom is -0.381 e. The Morgan fingerprint density at radius 3 is 2.60 bits per heavy atom. The van der Waals surface area contributed by atoms with Crippen LogP contribution in [0.1, 0.15) is 24.8 Å². The summed E-state index contributed by atoms with van der Waals surface area (Å²) in [6.07, 6.45) is 3.54. The molecule has 3 heterocycles. The van der Waals surface area contributed by atoms with Crippen molar-refractivity contribution in [1.82, 2.24) is 9.80 Å². The number of benzene rings is 1. The van der Waals surface area contributed by atoms with Crippen molar-refractivity contribution in [2.24, 2.45) is 5.41 Å². The maximum atomic E-state index is 13.1. The Hall–Kier alpha value is -1.01. The van der Waals surface area contributed by atoms with Crippen LogP contribution in [0, 0.1) is 11.2 Å². The predicted octanol–water partition coefficient (Wildman–Crippen LogP) is 2.53. The topological polar surface area (TPSA) is 24.9 Å². The molecule has 1 atom stereocenters. The molecule has 25 heavy (non-hydrogen) atoms. The summed E-state index contributed by atoms with van der Waals surface area (Å²) < 4.78 is 24.7. The van der Waals surface area contributed by atoms with Crippen LogP contribution >= 0.6 is 0 Å². The second kappa shape index (κ2) is 7.70. The Morgan fingerprint density at radius 1 is 1.00 bits per heavy atom.